The van der Waals surface area contributed by atoms with Gasteiger partial charge in [0.2, 0.25) is 0 Å². The van der Waals surface area contributed by atoms with Crippen molar-refractivity contribution < 1.29 is 9.53 Å². The second-order valence-electron chi connectivity index (χ2n) is 7.55. The van der Waals surface area contributed by atoms with Gasteiger partial charge in [-0.05, 0) is 36.2 Å². The molecule has 0 amide bonds. The summed E-state index contributed by atoms with van der Waals surface area (Å²) < 4.78 is 5.47. The Bertz CT molecular complexity index is 1150. The van der Waals surface area contributed by atoms with E-state index in [0.717, 1.165) is 66.1 Å². The zero-order valence-corrected chi connectivity index (χ0v) is 17.6. The summed E-state index contributed by atoms with van der Waals surface area (Å²) in [6.07, 6.45) is 0.320. The number of fused-ring (bicyclic) bond motifs is 1. The number of halogens is 1. The Balaban J connectivity index is 1.78. The first kappa shape index (κ1) is 20.5. The van der Waals surface area contributed by atoms with Gasteiger partial charge in [0, 0.05) is 42.0 Å². The van der Waals surface area contributed by atoms with E-state index in [2.05, 4.69) is 15.8 Å². The monoisotopic (exact) mass is 419 g/mol. The third kappa shape index (κ3) is 4.52. The molecule has 2 aromatic carbocycles. The van der Waals surface area contributed by atoms with Crippen molar-refractivity contribution in [3.8, 4) is 11.3 Å². The lowest BCUT2D eigenvalue weighted by Crippen LogP contribution is -2.35. The highest BCUT2D eigenvalue weighted by atomic mass is 35.5. The molecule has 0 saturated carbocycles. The number of nitrogens with zero attached hydrogens (tertiary/aromatic N) is 3. The van der Waals surface area contributed by atoms with Crippen molar-refractivity contribution in [3.63, 3.8) is 0 Å². The van der Waals surface area contributed by atoms with Crippen LogP contribution in [0.2, 0.25) is 5.02 Å². The molecule has 1 saturated heterocycles. The standard InChI is InChI=1S/C24H22ClN3O2/c1-16(29)11-17-3-4-18(12-22(17)25)23-13-19(15-28-7-9-30-10-8-28)21-6-5-20(26-2)14-24(21)27-23/h3-6,12-14H,7-11,15H2,1H3. The van der Waals surface area contributed by atoms with Crippen LogP contribution in [-0.2, 0) is 22.5 Å². The van der Waals surface area contributed by atoms with Gasteiger partial charge in [0.1, 0.15) is 5.78 Å². The number of hydrogen-bond donors (Lipinski definition) is 0. The third-order valence-corrected chi connectivity index (χ3v) is 5.65. The van der Waals surface area contributed by atoms with Crippen molar-refractivity contribution in [1.82, 2.24) is 9.88 Å². The molecule has 30 heavy (non-hydrogen) atoms. The Labute approximate surface area is 181 Å². The molecule has 2 heterocycles. The molecule has 3 aromatic rings. The number of Topliss-reactive ketones (excluding diaryl/α,β-unsaturated/α-hetero) is 1. The summed E-state index contributed by atoms with van der Waals surface area (Å²) in [5.74, 6) is 0.0768. The van der Waals surface area contributed by atoms with Crippen LogP contribution in [0.25, 0.3) is 27.0 Å². The Morgan fingerprint density at radius 1 is 1.17 bits per heavy atom. The molecule has 1 aliphatic rings. The lowest BCUT2D eigenvalue weighted by Gasteiger charge is -2.27. The molecule has 0 radical (unpaired) electrons. The van der Waals surface area contributed by atoms with Gasteiger partial charge in [-0.25, -0.2) is 9.83 Å². The normalized spacial score (nSPS) is 14.6. The van der Waals surface area contributed by atoms with Crippen LogP contribution in [0.1, 0.15) is 18.1 Å². The lowest BCUT2D eigenvalue weighted by atomic mass is 10.0. The van der Waals surface area contributed by atoms with Gasteiger partial charge in [-0.3, -0.25) is 9.69 Å². The number of benzene rings is 2. The van der Waals surface area contributed by atoms with Crippen molar-refractivity contribution >= 4 is 34.0 Å². The van der Waals surface area contributed by atoms with Crippen LogP contribution in [0.15, 0.2) is 42.5 Å². The van der Waals surface area contributed by atoms with Gasteiger partial charge in [0.15, 0.2) is 5.69 Å². The van der Waals surface area contributed by atoms with Gasteiger partial charge in [-0.1, -0.05) is 35.9 Å². The molecule has 0 bridgehead atoms. The van der Waals surface area contributed by atoms with Crippen molar-refractivity contribution in [2.45, 2.75) is 19.9 Å². The average molecular weight is 420 g/mol. The average Bonchev–Trinajstić information content (AvgIpc) is 2.75. The van der Waals surface area contributed by atoms with E-state index in [1.807, 2.05) is 36.4 Å². The molecule has 4 rings (SSSR count). The van der Waals surface area contributed by atoms with Crippen molar-refractivity contribution in [1.29, 1.82) is 0 Å². The fraction of sp³-hybridized carbons (Fsp3) is 0.292. The molecule has 152 valence electrons. The van der Waals surface area contributed by atoms with E-state index in [9.17, 15) is 4.79 Å². The van der Waals surface area contributed by atoms with Crippen LogP contribution < -0.4 is 0 Å². The van der Waals surface area contributed by atoms with Gasteiger partial charge >= 0.3 is 0 Å². The molecular weight excluding hydrogens is 398 g/mol. The molecule has 0 spiro atoms. The fourth-order valence-corrected chi connectivity index (χ4v) is 4.00. The Morgan fingerprint density at radius 2 is 1.97 bits per heavy atom. The first-order valence-electron chi connectivity index (χ1n) is 9.93. The number of morpholine rings is 1. The van der Waals surface area contributed by atoms with Gasteiger partial charge in [-0.2, -0.15) is 0 Å². The Hall–Kier alpha value is -2.78. The predicted molar refractivity (Wildman–Crippen MR) is 119 cm³/mol. The molecule has 0 aliphatic carbocycles. The first-order valence-corrected chi connectivity index (χ1v) is 10.3. The second kappa shape index (κ2) is 8.93. The molecule has 0 N–H and O–H groups in total. The SMILES string of the molecule is [C-]#[N+]c1ccc2c(CN3CCOCC3)cc(-c3ccc(CC(C)=O)c(Cl)c3)nc2c1. The van der Waals surface area contributed by atoms with Crippen molar-refractivity contribution in [2.24, 2.45) is 0 Å². The summed E-state index contributed by atoms with van der Waals surface area (Å²) >= 11 is 6.44. The number of rotatable bonds is 5. The van der Waals surface area contributed by atoms with Crippen molar-refractivity contribution in [2.75, 3.05) is 26.3 Å². The number of carbonyl (C=O) groups is 1. The molecule has 0 atom stereocenters. The van der Waals surface area contributed by atoms with E-state index in [-0.39, 0.29) is 5.78 Å². The summed E-state index contributed by atoms with van der Waals surface area (Å²) in [6.45, 7) is 13.0. The van der Waals surface area contributed by atoms with Gasteiger partial charge in [0.05, 0.1) is 31.0 Å². The topological polar surface area (TPSA) is 46.8 Å². The third-order valence-electron chi connectivity index (χ3n) is 5.29. The smallest absolute Gasteiger partial charge is 0.189 e. The maximum atomic E-state index is 11.5. The molecule has 1 aliphatic heterocycles. The molecular formula is C24H22ClN3O2. The molecule has 0 unspecified atom stereocenters. The summed E-state index contributed by atoms with van der Waals surface area (Å²) in [5.41, 5.74) is 5.05. The largest absolute Gasteiger partial charge is 0.379 e. The summed E-state index contributed by atoms with van der Waals surface area (Å²) in [6, 6.07) is 13.5. The highest BCUT2D eigenvalue weighted by molar-refractivity contribution is 6.31. The van der Waals surface area contributed by atoms with Crippen LogP contribution in [-0.4, -0.2) is 42.0 Å². The molecule has 6 heteroatoms. The van der Waals surface area contributed by atoms with Gasteiger partial charge in [0.25, 0.3) is 0 Å². The van der Waals surface area contributed by atoms with E-state index >= 15 is 0 Å². The van der Waals surface area contributed by atoms with Crippen LogP contribution >= 0.6 is 11.6 Å². The highest BCUT2D eigenvalue weighted by Crippen LogP contribution is 2.31. The minimum absolute atomic E-state index is 0.0768. The molecule has 1 aromatic heterocycles. The maximum Gasteiger partial charge on any atom is 0.189 e. The van der Waals surface area contributed by atoms with E-state index in [4.69, 9.17) is 27.9 Å². The van der Waals surface area contributed by atoms with Crippen LogP contribution in [0.4, 0.5) is 5.69 Å². The number of hydrogen-bond acceptors (Lipinski definition) is 4. The minimum Gasteiger partial charge on any atom is -0.379 e. The Kier molecular flexibility index (Phi) is 6.10. The number of pyridine rings is 1. The Morgan fingerprint density at radius 3 is 2.67 bits per heavy atom. The number of carbonyl (C=O) groups excluding carboxylic acids is 1. The summed E-state index contributed by atoms with van der Waals surface area (Å²) in [4.78, 5) is 22.2. The predicted octanol–water partition coefficient (Wildman–Crippen LogP) is 5.07. The van der Waals surface area contributed by atoms with Crippen molar-refractivity contribution in [3.05, 3.63) is 70.0 Å². The van der Waals surface area contributed by atoms with Gasteiger partial charge < -0.3 is 4.74 Å². The lowest BCUT2D eigenvalue weighted by molar-refractivity contribution is -0.116. The van der Waals surface area contributed by atoms with E-state index < -0.39 is 0 Å². The van der Waals surface area contributed by atoms with Crippen LogP contribution in [0, 0.1) is 6.57 Å². The summed E-state index contributed by atoms with van der Waals surface area (Å²) in [5, 5.41) is 1.62. The highest BCUT2D eigenvalue weighted by Gasteiger charge is 2.15. The van der Waals surface area contributed by atoms with Crippen LogP contribution in [0.3, 0.4) is 0 Å². The summed E-state index contributed by atoms with van der Waals surface area (Å²) in [7, 11) is 0. The van der Waals surface area contributed by atoms with E-state index in [0.29, 0.717) is 17.1 Å². The second-order valence-corrected chi connectivity index (χ2v) is 7.96. The fourth-order valence-electron chi connectivity index (χ4n) is 3.76. The van der Waals surface area contributed by atoms with E-state index in [1.54, 1.807) is 6.92 Å². The maximum absolute atomic E-state index is 11.5. The number of aromatic nitrogens is 1. The zero-order chi connectivity index (χ0) is 21.1. The first-order chi connectivity index (χ1) is 14.5. The van der Waals surface area contributed by atoms with Crippen LogP contribution in [0.5, 0.6) is 0 Å². The quantitative estimate of drug-likeness (QED) is 0.542. The number of ether oxygens (including phenoxy) is 1. The zero-order valence-electron chi connectivity index (χ0n) is 16.8. The molecule has 1 fully saturated rings. The minimum atomic E-state index is 0.0768. The van der Waals surface area contributed by atoms with Gasteiger partial charge in [-0.15, -0.1) is 0 Å². The number of ketones is 1. The molecule has 5 nitrogen and oxygen atoms in total. The van der Waals surface area contributed by atoms with E-state index in [1.165, 1.54) is 0 Å².